The number of alkyl carbamates (subject to hydrolysis) is 1. The number of amides is 4. The lowest BCUT2D eigenvalue weighted by atomic mass is 9.82. The number of piperidine rings is 1. The van der Waals surface area contributed by atoms with Crippen molar-refractivity contribution in [3.05, 3.63) is 83.9 Å². The van der Waals surface area contributed by atoms with E-state index < -0.39 is 47.9 Å². The molecule has 4 amide bonds. The first-order valence-electron chi connectivity index (χ1n) is 17.2. The van der Waals surface area contributed by atoms with Crippen LogP contribution in [-0.4, -0.2) is 54.4 Å². The molecule has 2 aliphatic rings. The van der Waals surface area contributed by atoms with E-state index in [0.717, 1.165) is 28.3 Å². The zero-order valence-corrected chi connectivity index (χ0v) is 27.8. The Hall–Kier alpha value is -5.05. The summed E-state index contributed by atoms with van der Waals surface area (Å²) in [5.74, 6) is -5.02. The molecule has 0 radical (unpaired) electrons. The van der Waals surface area contributed by atoms with E-state index in [2.05, 4.69) is 27.3 Å². The Morgan fingerprint density at radius 1 is 0.880 bits per heavy atom. The molecule has 0 aromatic heterocycles. The molecule has 264 valence electrons. The van der Waals surface area contributed by atoms with Gasteiger partial charge in [-0.2, -0.15) is 5.26 Å². The number of carbonyl (C=O) groups is 4. The number of nitrogens with one attached hydrogen (secondary N) is 4. The molecular weight excluding hydrogens is 644 g/mol. The molecule has 3 aromatic carbocycles. The molecular formula is C38H43F2N5O5. The first kappa shape index (κ1) is 36.2. The van der Waals surface area contributed by atoms with Gasteiger partial charge in [-0.25, -0.2) is 13.6 Å². The van der Waals surface area contributed by atoms with Crippen molar-refractivity contribution in [2.24, 2.45) is 11.8 Å². The molecule has 4 unspecified atom stereocenters. The number of ether oxygens (including phenoxy) is 1. The SMILES string of the molecule is N#CC(CC1CCCNC1=O)NC(=O)C(CC1CCC(F)(F)CC1)NC(=O)C(Cc1cccc2ccccc12)NC(=O)OCc1ccccc1. The van der Waals surface area contributed by atoms with Crippen molar-refractivity contribution >= 4 is 34.6 Å². The molecule has 4 N–H and O–H groups in total. The van der Waals surface area contributed by atoms with E-state index in [-0.39, 0.29) is 63.4 Å². The van der Waals surface area contributed by atoms with Crippen LogP contribution in [0.3, 0.4) is 0 Å². The molecule has 5 rings (SSSR count). The van der Waals surface area contributed by atoms with E-state index in [1.54, 1.807) is 12.1 Å². The molecule has 10 nitrogen and oxygen atoms in total. The summed E-state index contributed by atoms with van der Waals surface area (Å²) in [5, 5.41) is 22.6. The topological polar surface area (TPSA) is 149 Å². The molecule has 2 fully saturated rings. The van der Waals surface area contributed by atoms with Gasteiger partial charge in [0, 0.05) is 31.7 Å². The van der Waals surface area contributed by atoms with Crippen LogP contribution < -0.4 is 21.3 Å². The fourth-order valence-corrected chi connectivity index (χ4v) is 6.74. The van der Waals surface area contributed by atoms with Crippen LogP contribution in [0.25, 0.3) is 10.8 Å². The Balaban J connectivity index is 1.35. The van der Waals surface area contributed by atoms with Crippen LogP contribution in [0.4, 0.5) is 13.6 Å². The zero-order valence-electron chi connectivity index (χ0n) is 27.8. The highest BCUT2D eigenvalue weighted by Gasteiger charge is 2.38. The van der Waals surface area contributed by atoms with E-state index in [1.165, 1.54) is 0 Å². The van der Waals surface area contributed by atoms with Crippen LogP contribution in [0, 0.1) is 23.2 Å². The predicted molar refractivity (Wildman–Crippen MR) is 183 cm³/mol. The molecule has 1 saturated carbocycles. The third-order valence-corrected chi connectivity index (χ3v) is 9.56. The molecule has 3 aromatic rings. The Morgan fingerprint density at radius 2 is 1.58 bits per heavy atom. The number of hydrogen-bond acceptors (Lipinski definition) is 6. The molecule has 1 heterocycles. The van der Waals surface area contributed by atoms with Crippen LogP contribution in [0.15, 0.2) is 72.8 Å². The van der Waals surface area contributed by atoms with Gasteiger partial charge >= 0.3 is 6.09 Å². The first-order valence-corrected chi connectivity index (χ1v) is 17.2. The second-order valence-corrected chi connectivity index (χ2v) is 13.3. The van der Waals surface area contributed by atoms with Crippen LogP contribution >= 0.6 is 0 Å². The summed E-state index contributed by atoms with van der Waals surface area (Å²) >= 11 is 0. The van der Waals surface area contributed by atoms with Crippen molar-refractivity contribution in [1.82, 2.24) is 21.3 Å². The molecule has 4 atom stereocenters. The summed E-state index contributed by atoms with van der Waals surface area (Å²) in [7, 11) is 0. The maximum absolute atomic E-state index is 14.1. The van der Waals surface area contributed by atoms with Crippen molar-refractivity contribution in [3.8, 4) is 6.07 Å². The smallest absolute Gasteiger partial charge is 0.408 e. The molecule has 12 heteroatoms. The largest absolute Gasteiger partial charge is 0.445 e. The molecule has 0 spiro atoms. The predicted octanol–water partition coefficient (Wildman–Crippen LogP) is 5.30. The Labute approximate surface area is 290 Å². The van der Waals surface area contributed by atoms with Gasteiger partial charge in [-0.3, -0.25) is 14.4 Å². The molecule has 50 heavy (non-hydrogen) atoms. The fraction of sp³-hybridized carbons (Fsp3) is 0.447. The van der Waals surface area contributed by atoms with Crippen LogP contribution in [0.2, 0.25) is 0 Å². The van der Waals surface area contributed by atoms with Gasteiger partial charge in [0.2, 0.25) is 23.6 Å². The number of nitriles is 1. The highest BCUT2D eigenvalue weighted by atomic mass is 19.3. The molecule has 1 aliphatic heterocycles. The van der Waals surface area contributed by atoms with Gasteiger partial charge in [0.05, 0.1) is 6.07 Å². The second kappa shape index (κ2) is 17.1. The minimum Gasteiger partial charge on any atom is -0.445 e. The third-order valence-electron chi connectivity index (χ3n) is 9.56. The van der Waals surface area contributed by atoms with Crippen LogP contribution in [0.5, 0.6) is 0 Å². The van der Waals surface area contributed by atoms with E-state index in [4.69, 9.17) is 4.74 Å². The number of benzene rings is 3. The number of rotatable bonds is 13. The Bertz CT molecular complexity index is 1680. The van der Waals surface area contributed by atoms with Gasteiger partial charge in [-0.05, 0) is 66.3 Å². The number of fused-ring (bicyclic) bond motifs is 1. The third kappa shape index (κ3) is 10.2. The van der Waals surface area contributed by atoms with Gasteiger partial charge in [0.1, 0.15) is 24.7 Å². The van der Waals surface area contributed by atoms with Gasteiger partial charge < -0.3 is 26.0 Å². The lowest BCUT2D eigenvalue weighted by Gasteiger charge is -2.32. The number of alkyl halides is 2. The zero-order chi connectivity index (χ0) is 35.5. The minimum absolute atomic E-state index is 0.0266. The number of nitrogens with zero attached hydrogens (tertiary/aromatic N) is 1. The minimum atomic E-state index is -2.78. The highest BCUT2D eigenvalue weighted by molar-refractivity contribution is 5.93. The maximum Gasteiger partial charge on any atom is 0.408 e. The van der Waals surface area contributed by atoms with Crippen molar-refractivity contribution in [3.63, 3.8) is 0 Å². The summed E-state index contributed by atoms with van der Waals surface area (Å²) in [6.45, 7) is 0.530. The average molecular weight is 688 g/mol. The monoisotopic (exact) mass is 687 g/mol. The van der Waals surface area contributed by atoms with Gasteiger partial charge in [0.25, 0.3) is 0 Å². The van der Waals surface area contributed by atoms with Gasteiger partial charge in [0.15, 0.2) is 0 Å². The highest BCUT2D eigenvalue weighted by Crippen LogP contribution is 2.38. The van der Waals surface area contributed by atoms with Crippen molar-refractivity contribution in [2.75, 3.05) is 6.54 Å². The second-order valence-electron chi connectivity index (χ2n) is 13.3. The normalized spacial score (nSPS) is 19.2. The summed E-state index contributed by atoms with van der Waals surface area (Å²) in [5.41, 5.74) is 1.53. The Kier molecular flexibility index (Phi) is 12.4. The summed E-state index contributed by atoms with van der Waals surface area (Å²) in [4.78, 5) is 53.2. The number of carbonyl (C=O) groups excluding carboxylic acids is 4. The molecule has 1 saturated heterocycles. The van der Waals surface area contributed by atoms with Crippen molar-refractivity contribution in [1.29, 1.82) is 5.26 Å². The summed E-state index contributed by atoms with van der Waals surface area (Å²) in [6.07, 6.45) is 0.421. The first-order chi connectivity index (χ1) is 24.1. The molecule has 1 aliphatic carbocycles. The standard InChI is InChI=1S/C38H43F2N5O5/c39-38(40)17-15-25(16-18-38)20-32(35(47)43-30(23-41)21-29-13-7-19-42-34(29)46)44-36(48)33(45-37(49)50-24-26-8-2-1-3-9-26)22-28-12-6-11-27-10-4-5-14-31(27)28/h1-6,8-12,14,25,29-30,32-33H,7,13,15-22,24H2,(H,42,46)(H,43,47)(H,44,48)(H,45,49). The van der Waals surface area contributed by atoms with E-state index >= 15 is 0 Å². The van der Waals surface area contributed by atoms with Crippen LogP contribution in [0.1, 0.15) is 62.5 Å². The number of hydrogen-bond donors (Lipinski definition) is 4. The Morgan fingerprint density at radius 3 is 2.32 bits per heavy atom. The van der Waals surface area contributed by atoms with E-state index in [1.807, 2.05) is 60.7 Å². The number of halogens is 2. The van der Waals surface area contributed by atoms with Gasteiger partial charge in [-0.15, -0.1) is 0 Å². The van der Waals surface area contributed by atoms with Crippen molar-refractivity contribution in [2.45, 2.75) is 88.4 Å². The average Bonchev–Trinajstić information content (AvgIpc) is 3.12. The summed E-state index contributed by atoms with van der Waals surface area (Å²) in [6, 6.07) is 21.0. The molecule has 0 bridgehead atoms. The summed E-state index contributed by atoms with van der Waals surface area (Å²) < 4.78 is 33.4. The lowest BCUT2D eigenvalue weighted by molar-refractivity contribution is -0.131. The van der Waals surface area contributed by atoms with Crippen LogP contribution in [-0.2, 0) is 32.1 Å². The van der Waals surface area contributed by atoms with Crippen molar-refractivity contribution < 1.29 is 32.7 Å². The maximum atomic E-state index is 14.1. The fourth-order valence-electron chi connectivity index (χ4n) is 6.74. The van der Waals surface area contributed by atoms with Gasteiger partial charge in [-0.1, -0.05) is 72.8 Å². The quantitative estimate of drug-likeness (QED) is 0.192. The van der Waals surface area contributed by atoms with E-state index in [0.29, 0.717) is 13.0 Å². The van der Waals surface area contributed by atoms with E-state index in [9.17, 15) is 33.2 Å². The lowest BCUT2D eigenvalue weighted by Crippen LogP contribution is -2.56.